The average molecular weight is 208 g/mol. The first-order valence-electron chi connectivity index (χ1n) is 5.08. The maximum atomic E-state index is 10.2. The van der Waals surface area contributed by atoms with Gasteiger partial charge in [-0.15, -0.1) is 0 Å². The summed E-state index contributed by atoms with van der Waals surface area (Å²) in [6.45, 7) is 8.00. The molecule has 0 unspecified atom stereocenters. The maximum absolute atomic E-state index is 10.2. The molecule has 2 heteroatoms. The van der Waals surface area contributed by atoms with Crippen LogP contribution in [-0.4, -0.2) is 11.1 Å². The van der Waals surface area contributed by atoms with Crippen molar-refractivity contribution in [2.45, 2.75) is 27.7 Å². The molecular formula is C13H20O2. The third kappa shape index (κ3) is 10.4. The number of carboxylic acids is 1. The van der Waals surface area contributed by atoms with Crippen molar-refractivity contribution in [3.8, 4) is 0 Å². The van der Waals surface area contributed by atoms with Crippen LogP contribution >= 0.6 is 0 Å². The quantitative estimate of drug-likeness (QED) is 0.708. The summed E-state index contributed by atoms with van der Waals surface area (Å²) >= 11 is 0. The molecule has 0 saturated heterocycles. The standard InChI is InChI=1S/C7H6O2.C4H8.C2H6/c8-7(9)6-4-2-1-3-5-6;1-3-4-2;1-2/h1-5H,(H,8,9);3-4H,1-2H3;1-2H3/b;4-3+;. The van der Waals surface area contributed by atoms with Gasteiger partial charge in [-0.2, -0.15) is 0 Å². The fourth-order valence-electron chi connectivity index (χ4n) is 0.581. The zero-order valence-electron chi connectivity index (χ0n) is 9.90. The first-order chi connectivity index (χ1) is 7.22. The Kier molecular flexibility index (Phi) is 13.2. The Morgan fingerprint density at radius 3 is 1.67 bits per heavy atom. The Morgan fingerprint density at radius 2 is 1.47 bits per heavy atom. The maximum Gasteiger partial charge on any atom is 0.335 e. The van der Waals surface area contributed by atoms with Crippen LogP contribution in [0.2, 0.25) is 0 Å². The lowest BCUT2D eigenvalue weighted by Crippen LogP contribution is -1.93. The Labute approximate surface area is 92.3 Å². The molecule has 0 atom stereocenters. The van der Waals surface area contributed by atoms with Crippen LogP contribution < -0.4 is 0 Å². The average Bonchev–Trinajstić information content (AvgIpc) is 2.33. The number of allylic oxidation sites excluding steroid dienone is 2. The Balaban J connectivity index is 0. The summed E-state index contributed by atoms with van der Waals surface area (Å²) in [5.41, 5.74) is 0.331. The summed E-state index contributed by atoms with van der Waals surface area (Å²) in [5.74, 6) is -0.879. The molecule has 0 bridgehead atoms. The normalized spacial score (nSPS) is 8.27. The van der Waals surface area contributed by atoms with Gasteiger partial charge in [-0.05, 0) is 26.0 Å². The molecule has 0 aliphatic rings. The van der Waals surface area contributed by atoms with Crippen LogP contribution in [-0.2, 0) is 0 Å². The molecule has 1 aromatic rings. The molecule has 2 nitrogen and oxygen atoms in total. The van der Waals surface area contributed by atoms with Gasteiger partial charge in [-0.25, -0.2) is 4.79 Å². The van der Waals surface area contributed by atoms with Gasteiger partial charge < -0.3 is 5.11 Å². The van der Waals surface area contributed by atoms with Crippen molar-refractivity contribution in [1.29, 1.82) is 0 Å². The van der Waals surface area contributed by atoms with Crippen LogP contribution in [0.15, 0.2) is 42.5 Å². The Morgan fingerprint density at radius 1 is 1.07 bits per heavy atom. The van der Waals surface area contributed by atoms with Crippen molar-refractivity contribution in [2.75, 3.05) is 0 Å². The molecular weight excluding hydrogens is 188 g/mol. The van der Waals surface area contributed by atoms with Crippen molar-refractivity contribution >= 4 is 5.97 Å². The van der Waals surface area contributed by atoms with Crippen LogP contribution in [0.3, 0.4) is 0 Å². The summed E-state index contributed by atoms with van der Waals surface area (Å²) in [4.78, 5) is 10.2. The molecule has 1 aromatic carbocycles. The lowest BCUT2D eigenvalue weighted by Gasteiger charge is -1.88. The molecule has 0 saturated carbocycles. The minimum Gasteiger partial charge on any atom is -0.478 e. The smallest absolute Gasteiger partial charge is 0.335 e. The molecule has 0 fully saturated rings. The van der Waals surface area contributed by atoms with Gasteiger partial charge in [-0.3, -0.25) is 0 Å². The fraction of sp³-hybridized carbons (Fsp3) is 0.308. The molecule has 1 rings (SSSR count). The minimum atomic E-state index is -0.879. The van der Waals surface area contributed by atoms with Crippen LogP contribution in [0.1, 0.15) is 38.1 Å². The summed E-state index contributed by atoms with van der Waals surface area (Å²) in [6, 6.07) is 8.30. The van der Waals surface area contributed by atoms with E-state index in [0.717, 1.165) is 0 Å². The van der Waals surface area contributed by atoms with Gasteiger partial charge in [0.25, 0.3) is 0 Å². The number of aromatic carboxylic acids is 1. The van der Waals surface area contributed by atoms with Crippen molar-refractivity contribution in [1.82, 2.24) is 0 Å². The minimum absolute atomic E-state index is 0.331. The van der Waals surface area contributed by atoms with Gasteiger partial charge in [0.05, 0.1) is 5.56 Å². The largest absolute Gasteiger partial charge is 0.478 e. The lowest BCUT2D eigenvalue weighted by atomic mass is 10.2. The molecule has 0 aliphatic heterocycles. The molecule has 1 N–H and O–H groups in total. The van der Waals surface area contributed by atoms with Crippen LogP contribution in [0.4, 0.5) is 0 Å². The summed E-state index contributed by atoms with van der Waals surface area (Å²) in [5, 5.41) is 8.38. The third-order valence-corrected chi connectivity index (χ3v) is 1.35. The SMILES string of the molecule is C/C=C/C.CC.O=C(O)c1ccccc1. The van der Waals surface area contributed by atoms with Crippen molar-refractivity contribution in [2.24, 2.45) is 0 Å². The molecule has 0 spiro atoms. The molecule has 84 valence electrons. The highest BCUT2D eigenvalue weighted by Gasteiger charge is 1.96. The van der Waals surface area contributed by atoms with Gasteiger partial charge in [0.2, 0.25) is 0 Å². The summed E-state index contributed by atoms with van der Waals surface area (Å²) < 4.78 is 0. The fourth-order valence-corrected chi connectivity index (χ4v) is 0.581. The van der Waals surface area contributed by atoms with Gasteiger partial charge in [-0.1, -0.05) is 44.2 Å². The van der Waals surface area contributed by atoms with Crippen molar-refractivity contribution in [3.63, 3.8) is 0 Å². The van der Waals surface area contributed by atoms with Crippen LogP contribution in [0, 0.1) is 0 Å². The number of hydrogen-bond acceptors (Lipinski definition) is 1. The van der Waals surface area contributed by atoms with E-state index in [-0.39, 0.29) is 0 Å². The monoisotopic (exact) mass is 208 g/mol. The van der Waals surface area contributed by atoms with E-state index < -0.39 is 5.97 Å². The van der Waals surface area contributed by atoms with Crippen LogP contribution in [0.25, 0.3) is 0 Å². The predicted molar refractivity (Wildman–Crippen MR) is 65.2 cm³/mol. The summed E-state index contributed by atoms with van der Waals surface area (Å²) in [7, 11) is 0. The molecule has 0 heterocycles. The van der Waals surface area contributed by atoms with E-state index in [1.165, 1.54) is 0 Å². The van der Waals surface area contributed by atoms with Crippen molar-refractivity contribution in [3.05, 3.63) is 48.0 Å². The van der Waals surface area contributed by atoms with Gasteiger partial charge in [0.1, 0.15) is 0 Å². The van der Waals surface area contributed by atoms with E-state index in [0.29, 0.717) is 5.56 Å². The van der Waals surface area contributed by atoms with E-state index >= 15 is 0 Å². The number of benzene rings is 1. The van der Waals surface area contributed by atoms with E-state index in [1.807, 2.05) is 39.8 Å². The van der Waals surface area contributed by atoms with Gasteiger partial charge in [0, 0.05) is 0 Å². The van der Waals surface area contributed by atoms with Crippen LogP contribution in [0.5, 0.6) is 0 Å². The topological polar surface area (TPSA) is 37.3 Å². The van der Waals surface area contributed by atoms with Gasteiger partial charge in [0.15, 0.2) is 0 Å². The zero-order valence-corrected chi connectivity index (χ0v) is 9.90. The first kappa shape index (κ1) is 15.9. The number of carbonyl (C=O) groups is 1. The van der Waals surface area contributed by atoms with E-state index in [1.54, 1.807) is 30.3 Å². The molecule has 0 aromatic heterocycles. The van der Waals surface area contributed by atoms with E-state index in [4.69, 9.17) is 5.11 Å². The number of carboxylic acid groups (broad SMARTS) is 1. The number of hydrogen-bond donors (Lipinski definition) is 1. The molecule has 15 heavy (non-hydrogen) atoms. The Hall–Kier alpha value is -1.57. The molecule has 0 radical (unpaired) electrons. The lowest BCUT2D eigenvalue weighted by molar-refractivity contribution is 0.0697. The Bertz CT molecular complexity index is 259. The highest BCUT2D eigenvalue weighted by molar-refractivity contribution is 5.87. The molecule has 0 amide bonds. The summed E-state index contributed by atoms with van der Waals surface area (Å²) in [6.07, 6.45) is 4.00. The number of rotatable bonds is 1. The second-order valence-corrected chi connectivity index (χ2v) is 2.34. The second-order valence-electron chi connectivity index (χ2n) is 2.34. The highest BCUT2D eigenvalue weighted by Crippen LogP contribution is 1.96. The predicted octanol–water partition coefficient (Wildman–Crippen LogP) is 3.99. The highest BCUT2D eigenvalue weighted by atomic mass is 16.4. The third-order valence-electron chi connectivity index (χ3n) is 1.35. The van der Waals surface area contributed by atoms with E-state index in [2.05, 4.69) is 0 Å². The zero-order chi connectivity index (χ0) is 12.1. The second kappa shape index (κ2) is 12.4. The van der Waals surface area contributed by atoms with E-state index in [9.17, 15) is 4.79 Å². The van der Waals surface area contributed by atoms with Crippen molar-refractivity contribution < 1.29 is 9.90 Å². The first-order valence-corrected chi connectivity index (χ1v) is 5.08. The molecule has 0 aliphatic carbocycles. The van der Waals surface area contributed by atoms with Gasteiger partial charge >= 0.3 is 5.97 Å².